The number of hydrogen-bond acceptors (Lipinski definition) is 4. The summed E-state index contributed by atoms with van der Waals surface area (Å²) in [7, 11) is 0. The first-order valence-electron chi connectivity index (χ1n) is 6.99. The van der Waals surface area contributed by atoms with E-state index in [9.17, 15) is 4.79 Å². The number of nitrogens with one attached hydrogen (secondary N) is 1. The van der Waals surface area contributed by atoms with Gasteiger partial charge in [0.2, 0.25) is 5.88 Å². The van der Waals surface area contributed by atoms with E-state index in [-0.39, 0.29) is 12.0 Å². The topological polar surface area (TPSA) is 75.0 Å². The number of nitriles is 1. The lowest BCUT2D eigenvalue weighted by Crippen LogP contribution is -2.23. The van der Waals surface area contributed by atoms with Gasteiger partial charge >= 0.3 is 0 Å². The van der Waals surface area contributed by atoms with Crippen LogP contribution >= 0.6 is 0 Å². The Labute approximate surface area is 129 Å². The molecule has 0 saturated carbocycles. The molecule has 1 amide bonds. The van der Waals surface area contributed by atoms with Crippen molar-refractivity contribution >= 4 is 5.91 Å². The Morgan fingerprint density at radius 3 is 2.91 bits per heavy atom. The smallest absolute Gasteiger partial charge is 0.251 e. The van der Waals surface area contributed by atoms with Gasteiger partial charge in [0.1, 0.15) is 0 Å². The molecule has 112 valence electrons. The summed E-state index contributed by atoms with van der Waals surface area (Å²) in [6.45, 7) is 4.15. The number of amides is 1. The van der Waals surface area contributed by atoms with Crippen LogP contribution in [-0.2, 0) is 6.54 Å². The number of aromatic nitrogens is 1. The van der Waals surface area contributed by atoms with Crippen LogP contribution in [-0.4, -0.2) is 17.0 Å². The van der Waals surface area contributed by atoms with Crippen molar-refractivity contribution in [3.05, 3.63) is 59.3 Å². The number of rotatable bonds is 5. The number of nitrogens with zero attached hydrogens (tertiary/aromatic N) is 2. The van der Waals surface area contributed by atoms with Gasteiger partial charge in [-0.25, -0.2) is 4.98 Å². The SMILES string of the molecule is CC(C)Oc1ncccc1CNC(=O)c1cccc(C#N)c1. The molecule has 0 aliphatic heterocycles. The largest absolute Gasteiger partial charge is 0.475 e. The third kappa shape index (κ3) is 4.06. The summed E-state index contributed by atoms with van der Waals surface area (Å²) in [4.78, 5) is 16.3. The maximum absolute atomic E-state index is 12.1. The number of benzene rings is 1. The highest BCUT2D eigenvalue weighted by atomic mass is 16.5. The molecule has 5 nitrogen and oxygen atoms in total. The molecule has 5 heteroatoms. The average Bonchev–Trinajstić information content (AvgIpc) is 2.53. The summed E-state index contributed by atoms with van der Waals surface area (Å²) in [5.74, 6) is 0.278. The van der Waals surface area contributed by atoms with Gasteiger partial charge in [-0.3, -0.25) is 4.79 Å². The van der Waals surface area contributed by atoms with E-state index in [0.29, 0.717) is 23.6 Å². The highest BCUT2D eigenvalue weighted by Crippen LogP contribution is 2.15. The zero-order valence-electron chi connectivity index (χ0n) is 12.5. The van der Waals surface area contributed by atoms with Gasteiger partial charge in [0, 0.05) is 23.9 Å². The van der Waals surface area contributed by atoms with Crippen molar-refractivity contribution in [2.45, 2.75) is 26.5 Å². The molecule has 0 fully saturated rings. The predicted octanol–water partition coefficient (Wildman–Crippen LogP) is 2.67. The van der Waals surface area contributed by atoms with E-state index < -0.39 is 0 Å². The third-order valence-corrected chi connectivity index (χ3v) is 2.89. The zero-order chi connectivity index (χ0) is 15.9. The Hall–Kier alpha value is -2.87. The summed E-state index contributed by atoms with van der Waals surface area (Å²) in [6.07, 6.45) is 1.66. The third-order valence-electron chi connectivity index (χ3n) is 2.89. The molecular weight excluding hydrogens is 278 g/mol. The second-order valence-electron chi connectivity index (χ2n) is 5.01. The normalized spacial score (nSPS) is 10.1. The standard InChI is InChI=1S/C17H17N3O2/c1-12(2)22-17-15(7-4-8-19-17)11-20-16(21)14-6-3-5-13(9-14)10-18/h3-9,12H,11H2,1-2H3,(H,20,21). The van der Waals surface area contributed by atoms with Crippen LogP contribution in [0.4, 0.5) is 0 Å². The first kappa shape index (κ1) is 15.5. The first-order valence-corrected chi connectivity index (χ1v) is 6.99. The van der Waals surface area contributed by atoms with Crippen LogP contribution < -0.4 is 10.1 Å². The van der Waals surface area contributed by atoms with Gasteiger partial charge in [-0.1, -0.05) is 12.1 Å². The molecule has 0 bridgehead atoms. The maximum atomic E-state index is 12.1. The highest BCUT2D eigenvalue weighted by Gasteiger charge is 2.10. The molecule has 0 unspecified atom stereocenters. The second kappa shape index (κ2) is 7.23. The zero-order valence-corrected chi connectivity index (χ0v) is 12.5. The van der Waals surface area contributed by atoms with E-state index in [2.05, 4.69) is 10.3 Å². The van der Waals surface area contributed by atoms with Crippen molar-refractivity contribution in [3.63, 3.8) is 0 Å². The van der Waals surface area contributed by atoms with Gasteiger partial charge in [-0.05, 0) is 38.1 Å². The van der Waals surface area contributed by atoms with E-state index in [1.807, 2.05) is 26.0 Å². The van der Waals surface area contributed by atoms with Gasteiger partial charge in [0.15, 0.2) is 0 Å². The van der Waals surface area contributed by atoms with Crippen LogP contribution in [0.15, 0.2) is 42.6 Å². The Morgan fingerprint density at radius 2 is 2.18 bits per heavy atom. The molecule has 0 saturated heterocycles. The Bertz CT molecular complexity index is 705. The summed E-state index contributed by atoms with van der Waals surface area (Å²) >= 11 is 0. The fourth-order valence-electron chi connectivity index (χ4n) is 1.90. The molecule has 22 heavy (non-hydrogen) atoms. The molecular formula is C17H17N3O2. The van der Waals surface area contributed by atoms with Gasteiger partial charge in [-0.2, -0.15) is 5.26 Å². The van der Waals surface area contributed by atoms with Crippen molar-refractivity contribution in [1.82, 2.24) is 10.3 Å². The fraction of sp³-hybridized carbons (Fsp3) is 0.235. The van der Waals surface area contributed by atoms with Gasteiger partial charge in [-0.15, -0.1) is 0 Å². The van der Waals surface area contributed by atoms with E-state index in [0.717, 1.165) is 5.56 Å². The first-order chi connectivity index (χ1) is 10.6. The lowest BCUT2D eigenvalue weighted by Gasteiger charge is -2.13. The summed E-state index contributed by atoms with van der Waals surface area (Å²) in [5, 5.41) is 11.7. The molecule has 1 N–H and O–H groups in total. The number of hydrogen-bond donors (Lipinski definition) is 1. The van der Waals surface area contributed by atoms with E-state index in [1.54, 1.807) is 36.5 Å². The molecule has 0 atom stereocenters. The molecule has 0 spiro atoms. The molecule has 0 aliphatic carbocycles. The highest BCUT2D eigenvalue weighted by molar-refractivity contribution is 5.94. The predicted molar refractivity (Wildman–Crippen MR) is 82.3 cm³/mol. The number of carbonyl (C=O) groups is 1. The molecule has 1 aromatic carbocycles. The van der Waals surface area contributed by atoms with Crippen molar-refractivity contribution in [2.75, 3.05) is 0 Å². The molecule has 0 radical (unpaired) electrons. The van der Waals surface area contributed by atoms with Gasteiger partial charge in [0.05, 0.1) is 17.7 Å². The monoisotopic (exact) mass is 295 g/mol. The van der Waals surface area contributed by atoms with Crippen LogP contribution in [0.5, 0.6) is 5.88 Å². The second-order valence-corrected chi connectivity index (χ2v) is 5.01. The minimum Gasteiger partial charge on any atom is -0.475 e. The van der Waals surface area contributed by atoms with Crippen molar-refractivity contribution in [1.29, 1.82) is 5.26 Å². The fourth-order valence-corrected chi connectivity index (χ4v) is 1.90. The van der Waals surface area contributed by atoms with E-state index >= 15 is 0 Å². The van der Waals surface area contributed by atoms with Crippen LogP contribution in [0.25, 0.3) is 0 Å². The number of pyridine rings is 1. The summed E-state index contributed by atoms with van der Waals surface area (Å²) < 4.78 is 5.61. The van der Waals surface area contributed by atoms with Crippen LogP contribution in [0.3, 0.4) is 0 Å². The molecule has 2 rings (SSSR count). The minimum atomic E-state index is -0.239. The van der Waals surface area contributed by atoms with Gasteiger partial charge in [0.25, 0.3) is 5.91 Å². The Balaban J connectivity index is 2.07. The average molecular weight is 295 g/mol. The van der Waals surface area contributed by atoms with Crippen LogP contribution in [0.2, 0.25) is 0 Å². The van der Waals surface area contributed by atoms with Crippen molar-refractivity contribution in [3.8, 4) is 11.9 Å². The van der Waals surface area contributed by atoms with E-state index in [4.69, 9.17) is 10.00 Å². The van der Waals surface area contributed by atoms with Gasteiger partial charge < -0.3 is 10.1 Å². The summed E-state index contributed by atoms with van der Waals surface area (Å²) in [5.41, 5.74) is 1.72. The molecule has 1 heterocycles. The molecule has 1 aromatic heterocycles. The van der Waals surface area contributed by atoms with Crippen molar-refractivity contribution < 1.29 is 9.53 Å². The Kier molecular flexibility index (Phi) is 5.10. The Morgan fingerprint density at radius 1 is 1.36 bits per heavy atom. The number of carbonyl (C=O) groups excluding carboxylic acids is 1. The summed E-state index contributed by atoms with van der Waals surface area (Å²) in [6, 6.07) is 12.2. The maximum Gasteiger partial charge on any atom is 0.251 e. The quantitative estimate of drug-likeness (QED) is 0.920. The number of ether oxygens (including phenoxy) is 1. The molecule has 0 aliphatic rings. The lowest BCUT2D eigenvalue weighted by atomic mass is 10.1. The molecule has 2 aromatic rings. The lowest BCUT2D eigenvalue weighted by molar-refractivity contribution is 0.0950. The van der Waals surface area contributed by atoms with Crippen LogP contribution in [0, 0.1) is 11.3 Å². The van der Waals surface area contributed by atoms with E-state index in [1.165, 1.54) is 0 Å². The van der Waals surface area contributed by atoms with Crippen LogP contribution in [0.1, 0.15) is 35.3 Å². The minimum absolute atomic E-state index is 0.0108. The van der Waals surface area contributed by atoms with Crippen molar-refractivity contribution in [2.24, 2.45) is 0 Å².